The van der Waals surface area contributed by atoms with Crippen molar-refractivity contribution < 1.29 is 28.5 Å². The number of aromatic hydroxyl groups is 1. The van der Waals surface area contributed by atoms with E-state index in [1.54, 1.807) is 41.1 Å². The fourth-order valence-corrected chi connectivity index (χ4v) is 5.22. The van der Waals surface area contributed by atoms with E-state index in [4.69, 9.17) is 18.6 Å². The van der Waals surface area contributed by atoms with Crippen LogP contribution in [0.3, 0.4) is 0 Å². The van der Waals surface area contributed by atoms with Crippen LogP contribution in [0.1, 0.15) is 34.5 Å². The van der Waals surface area contributed by atoms with Crippen LogP contribution in [0.15, 0.2) is 125 Å². The zero-order chi connectivity index (χ0) is 34.5. The van der Waals surface area contributed by atoms with Gasteiger partial charge in [0.1, 0.15) is 35.2 Å². The number of para-hydroxylation sites is 2. The zero-order valence-electron chi connectivity index (χ0n) is 27.4. The van der Waals surface area contributed by atoms with E-state index in [9.17, 15) is 14.7 Å². The summed E-state index contributed by atoms with van der Waals surface area (Å²) in [4.78, 5) is 24.7. The minimum atomic E-state index is -0.254. The van der Waals surface area contributed by atoms with Crippen LogP contribution in [0.25, 0.3) is 28.4 Å². The molecule has 10 heteroatoms. The Labute approximate surface area is 289 Å². The van der Waals surface area contributed by atoms with Gasteiger partial charge in [-0.25, -0.2) is 4.68 Å². The van der Waals surface area contributed by atoms with Gasteiger partial charge in [0.2, 0.25) is 0 Å². The van der Waals surface area contributed by atoms with Crippen LogP contribution in [-0.2, 0) is 17.7 Å². The molecule has 0 amide bonds. The Morgan fingerprint density at radius 2 is 1.56 bits per heavy atom. The Bertz CT molecular complexity index is 2100. The van der Waals surface area contributed by atoms with Crippen molar-refractivity contribution >= 4 is 22.8 Å². The molecule has 0 saturated carbocycles. The predicted octanol–water partition coefficient (Wildman–Crippen LogP) is 7.15. The molecule has 0 atom stereocenters. The van der Waals surface area contributed by atoms with Crippen LogP contribution < -0.4 is 14.9 Å². The third-order valence-corrected chi connectivity index (χ3v) is 7.89. The highest BCUT2D eigenvalue weighted by Crippen LogP contribution is 2.24. The molecule has 0 aliphatic heterocycles. The summed E-state index contributed by atoms with van der Waals surface area (Å²) in [6, 6.07) is 30.1. The van der Waals surface area contributed by atoms with Crippen LogP contribution in [0.5, 0.6) is 17.2 Å². The number of rotatable bonds is 17. The molecule has 2 aromatic heterocycles. The minimum absolute atomic E-state index is 0.0305. The number of carbonyl (C=O) groups is 1. The predicted molar refractivity (Wildman–Crippen MR) is 191 cm³/mol. The first-order chi connectivity index (χ1) is 24.5. The number of aryl methyl sites for hydroxylation is 1. The maximum atomic E-state index is 12.4. The van der Waals surface area contributed by atoms with Gasteiger partial charge in [-0.2, -0.15) is 0 Å². The molecule has 0 saturated heterocycles. The molecular formula is C40H37N3O7. The number of aromatic nitrogens is 3. The van der Waals surface area contributed by atoms with E-state index in [2.05, 4.69) is 10.3 Å². The molecule has 2 heterocycles. The second-order valence-electron chi connectivity index (χ2n) is 11.5. The summed E-state index contributed by atoms with van der Waals surface area (Å²) in [5.41, 5.74) is 3.35. The fourth-order valence-electron chi connectivity index (χ4n) is 5.22. The molecular weight excluding hydrogens is 634 g/mol. The number of hydrogen-bond donors (Lipinski definition) is 1. The van der Waals surface area contributed by atoms with E-state index >= 15 is 0 Å². The van der Waals surface area contributed by atoms with Crippen molar-refractivity contribution in [2.75, 3.05) is 26.4 Å². The summed E-state index contributed by atoms with van der Waals surface area (Å²) >= 11 is 0. The lowest BCUT2D eigenvalue weighted by Gasteiger charge is -2.08. The first-order valence-corrected chi connectivity index (χ1v) is 16.5. The Kier molecular flexibility index (Phi) is 11.5. The summed E-state index contributed by atoms with van der Waals surface area (Å²) in [6.45, 7) is 2.49. The Morgan fingerprint density at radius 1 is 0.820 bits per heavy atom. The molecule has 1 N–H and O–H groups in total. The zero-order valence-corrected chi connectivity index (χ0v) is 27.4. The van der Waals surface area contributed by atoms with Crippen molar-refractivity contribution in [3.8, 4) is 28.6 Å². The molecule has 0 spiro atoms. The lowest BCUT2D eigenvalue weighted by atomic mass is 10.1. The number of nitrogens with zero attached hydrogens (tertiary/aromatic N) is 3. The van der Waals surface area contributed by atoms with Crippen LogP contribution >= 0.6 is 0 Å². The highest BCUT2D eigenvalue weighted by molar-refractivity contribution is 6.08. The lowest BCUT2D eigenvalue weighted by Crippen LogP contribution is -2.11. The number of hydrogen-bond acceptors (Lipinski definition) is 9. The van der Waals surface area contributed by atoms with Crippen molar-refractivity contribution in [1.82, 2.24) is 15.0 Å². The molecule has 6 rings (SSSR count). The summed E-state index contributed by atoms with van der Waals surface area (Å²) in [7, 11) is 0. The van der Waals surface area contributed by atoms with Gasteiger partial charge in [0.25, 0.3) is 0 Å². The molecule has 4 aromatic carbocycles. The number of phenolic OH excluding ortho intramolecular Hbond substituents is 1. The highest BCUT2D eigenvalue weighted by atomic mass is 16.5. The number of carbonyl (C=O) groups excluding carboxylic acids is 1. The second-order valence-corrected chi connectivity index (χ2v) is 11.5. The summed E-state index contributed by atoms with van der Waals surface area (Å²) in [5.74, 6) is 1.69. The molecule has 0 fully saturated rings. The van der Waals surface area contributed by atoms with Crippen LogP contribution in [0, 0.1) is 0 Å². The number of phenols is 1. The highest BCUT2D eigenvalue weighted by Gasteiger charge is 2.08. The number of allylic oxidation sites excluding steroid dienone is 1. The second kappa shape index (κ2) is 16.9. The quantitative estimate of drug-likeness (QED) is 0.0611. The van der Waals surface area contributed by atoms with Gasteiger partial charge in [-0.1, -0.05) is 47.7 Å². The third-order valence-electron chi connectivity index (χ3n) is 7.89. The summed E-state index contributed by atoms with van der Waals surface area (Å²) in [5, 5.41) is 18.9. The average Bonchev–Trinajstić information content (AvgIpc) is 3.60. The van der Waals surface area contributed by atoms with Gasteiger partial charge in [-0.3, -0.25) is 9.59 Å². The molecule has 0 aliphatic rings. The SMILES string of the molecule is O=C(/C=C/c1ccc(OCCCCc2cn(CCOCCOc3ccc(-c4cc(=O)c5ccccc5o4)cc3)nn2)cc1)c1ccccc1O. The van der Waals surface area contributed by atoms with Crippen molar-refractivity contribution in [3.63, 3.8) is 0 Å². The Morgan fingerprint density at radius 3 is 2.38 bits per heavy atom. The minimum Gasteiger partial charge on any atom is -0.507 e. The van der Waals surface area contributed by atoms with E-state index in [0.717, 1.165) is 41.8 Å². The number of benzene rings is 4. The van der Waals surface area contributed by atoms with Gasteiger partial charge in [-0.15, -0.1) is 5.10 Å². The van der Waals surface area contributed by atoms with Crippen molar-refractivity contribution in [2.45, 2.75) is 25.8 Å². The molecule has 10 nitrogen and oxygen atoms in total. The fraction of sp³-hybridized carbons (Fsp3) is 0.200. The molecule has 0 radical (unpaired) electrons. The standard InChI is InChI=1S/C40H37N3O7/c44-36-10-3-1-8-34(36)37(45)21-14-29-12-17-32(18-13-29)48-23-6-5-7-31-28-43(42-41-31)22-24-47-25-26-49-33-19-15-30(16-20-33)40-27-38(46)35-9-2-4-11-39(35)50-40/h1-4,8-21,27-28,44H,5-7,22-26H2/b21-14+. The van der Waals surface area contributed by atoms with E-state index in [1.807, 2.05) is 66.9 Å². The van der Waals surface area contributed by atoms with Gasteiger partial charge < -0.3 is 23.7 Å². The summed E-state index contributed by atoms with van der Waals surface area (Å²) in [6.07, 6.45) is 7.69. The first kappa shape index (κ1) is 33.9. The number of ketones is 1. The lowest BCUT2D eigenvalue weighted by molar-refractivity contribution is 0.0923. The monoisotopic (exact) mass is 671 g/mol. The van der Waals surface area contributed by atoms with E-state index in [0.29, 0.717) is 55.5 Å². The Balaban J connectivity index is 0.825. The van der Waals surface area contributed by atoms with Gasteiger partial charge in [-0.05, 0) is 91.6 Å². The van der Waals surface area contributed by atoms with Gasteiger partial charge in [0.15, 0.2) is 11.2 Å². The van der Waals surface area contributed by atoms with Crippen LogP contribution in [-0.4, -0.2) is 52.3 Å². The topological polar surface area (TPSA) is 126 Å². The van der Waals surface area contributed by atoms with Crippen molar-refractivity contribution in [3.05, 3.63) is 142 Å². The third kappa shape index (κ3) is 9.33. The molecule has 0 unspecified atom stereocenters. The average molecular weight is 672 g/mol. The Hall–Kier alpha value is -6.00. The van der Waals surface area contributed by atoms with Crippen molar-refractivity contribution in [1.29, 1.82) is 0 Å². The molecule has 254 valence electrons. The van der Waals surface area contributed by atoms with E-state index in [-0.39, 0.29) is 22.5 Å². The first-order valence-electron chi connectivity index (χ1n) is 16.5. The number of unbranched alkanes of at least 4 members (excludes halogenated alkanes) is 1. The van der Waals surface area contributed by atoms with Gasteiger partial charge >= 0.3 is 0 Å². The summed E-state index contributed by atoms with van der Waals surface area (Å²) < 4.78 is 25.1. The normalized spacial score (nSPS) is 11.3. The van der Waals surface area contributed by atoms with Crippen LogP contribution in [0.2, 0.25) is 0 Å². The molecule has 6 aromatic rings. The molecule has 0 aliphatic carbocycles. The molecule has 50 heavy (non-hydrogen) atoms. The van der Waals surface area contributed by atoms with Gasteiger partial charge in [0, 0.05) is 17.8 Å². The van der Waals surface area contributed by atoms with Crippen LogP contribution in [0.4, 0.5) is 0 Å². The van der Waals surface area contributed by atoms with E-state index in [1.165, 1.54) is 18.2 Å². The maximum Gasteiger partial charge on any atom is 0.193 e. The number of ether oxygens (including phenoxy) is 3. The largest absolute Gasteiger partial charge is 0.507 e. The van der Waals surface area contributed by atoms with Gasteiger partial charge in [0.05, 0.1) is 43.0 Å². The van der Waals surface area contributed by atoms with E-state index < -0.39 is 0 Å². The maximum absolute atomic E-state index is 12.4. The van der Waals surface area contributed by atoms with Crippen molar-refractivity contribution in [2.24, 2.45) is 0 Å². The molecule has 0 bridgehead atoms. The smallest absolute Gasteiger partial charge is 0.193 e. The number of fused-ring (bicyclic) bond motifs is 1.